The number of rotatable bonds is 4. The van der Waals surface area contributed by atoms with Gasteiger partial charge >= 0.3 is 0 Å². The van der Waals surface area contributed by atoms with Gasteiger partial charge < -0.3 is 10.6 Å². The Balaban J connectivity index is 1.63. The minimum atomic E-state index is -0.380. The molecule has 2 amide bonds. The molecule has 8 heteroatoms. The van der Waals surface area contributed by atoms with Gasteiger partial charge in [-0.1, -0.05) is 48.5 Å². The number of amides is 2. The highest BCUT2D eigenvalue weighted by atomic mass is 35.5. The molecule has 0 aromatic heterocycles. The van der Waals surface area contributed by atoms with Crippen LogP contribution in [0.3, 0.4) is 0 Å². The van der Waals surface area contributed by atoms with Crippen LogP contribution in [0.2, 0.25) is 10.0 Å². The van der Waals surface area contributed by atoms with E-state index < -0.39 is 0 Å². The fourth-order valence-corrected chi connectivity index (χ4v) is 3.86. The summed E-state index contributed by atoms with van der Waals surface area (Å²) < 4.78 is 0. The summed E-state index contributed by atoms with van der Waals surface area (Å²) in [4.78, 5) is 24.9. The van der Waals surface area contributed by atoms with E-state index in [4.69, 9.17) is 35.4 Å². The lowest BCUT2D eigenvalue weighted by Gasteiger charge is -2.23. The molecule has 0 aliphatic heterocycles. The molecular formula is C21H21Cl2N3O2S. The molecule has 1 fully saturated rings. The van der Waals surface area contributed by atoms with Crippen molar-refractivity contribution in [2.75, 3.05) is 5.32 Å². The van der Waals surface area contributed by atoms with Gasteiger partial charge in [0.2, 0.25) is 0 Å². The van der Waals surface area contributed by atoms with E-state index in [0.29, 0.717) is 26.9 Å². The van der Waals surface area contributed by atoms with Crippen LogP contribution in [-0.2, 0) is 0 Å². The average molecular weight is 450 g/mol. The van der Waals surface area contributed by atoms with Crippen molar-refractivity contribution >= 4 is 58.0 Å². The molecule has 0 atom stereocenters. The Morgan fingerprint density at radius 1 is 0.966 bits per heavy atom. The van der Waals surface area contributed by atoms with Crippen LogP contribution in [-0.4, -0.2) is 23.0 Å². The lowest BCUT2D eigenvalue weighted by atomic mass is 9.95. The third-order valence-electron chi connectivity index (χ3n) is 4.72. The normalized spacial score (nSPS) is 14.1. The first-order valence-corrected chi connectivity index (χ1v) is 10.6. The average Bonchev–Trinajstić information content (AvgIpc) is 2.70. The molecule has 5 nitrogen and oxygen atoms in total. The molecule has 3 rings (SSSR count). The van der Waals surface area contributed by atoms with E-state index in [-0.39, 0.29) is 23.0 Å². The molecular weight excluding hydrogens is 429 g/mol. The quantitative estimate of drug-likeness (QED) is 0.562. The van der Waals surface area contributed by atoms with Gasteiger partial charge in [-0.25, -0.2) is 0 Å². The minimum absolute atomic E-state index is 0.107. The molecule has 0 bridgehead atoms. The van der Waals surface area contributed by atoms with Crippen LogP contribution in [0.1, 0.15) is 52.8 Å². The van der Waals surface area contributed by atoms with Crippen LogP contribution in [0.15, 0.2) is 42.5 Å². The number of benzene rings is 2. The predicted octanol–water partition coefficient (Wildman–Crippen LogP) is 5.18. The maximum Gasteiger partial charge on any atom is 0.257 e. The Bertz CT molecular complexity index is 930. The van der Waals surface area contributed by atoms with Gasteiger partial charge in [0.1, 0.15) is 0 Å². The summed E-state index contributed by atoms with van der Waals surface area (Å²) in [5.41, 5.74) is 1.32. The number of carbonyl (C=O) groups excluding carboxylic acids is 2. The lowest BCUT2D eigenvalue weighted by molar-refractivity contribution is 0.0926. The topological polar surface area (TPSA) is 70.2 Å². The van der Waals surface area contributed by atoms with E-state index in [1.165, 1.54) is 6.42 Å². The number of carbonyl (C=O) groups is 2. The Hall–Kier alpha value is -2.15. The van der Waals surface area contributed by atoms with Crippen LogP contribution in [0.25, 0.3) is 0 Å². The molecule has 29 heavy (non-hydrogen) atoms. The highest BCUT2D eigenvalue weighted by molar-refractivity contribution is 7.80. The van der Waals surface area contributed by atoms with Gasteiger partial charge in [0, 0.05) is 22.3 Å². The van der Waals surface area contributed by atoms with E-state index in [1.54, 1.807) is 42.5 Å². The number of anilines is 1. The van der Waals surface area contributed by atoms with Gasteiger partial charge in [0.05, 0.1) is 10.6 Å². The third-order valence-corrected chi connectivity index (χ3v) is 5.49. The molecule has 0 unspecified atom stereocenters. The van der Waals surface area contributed by atoms with Crippen molar-refractivity contribution in [3.63, 3.8) is 0 Å². The second kappa shape index (κ2) is 10.1. The monoisotopic (exact) mass is 449 g/mol. The number of hydrogen-bond acceptors (Lipinski definition) is 3. The Morgan fingerprint density at radius 2 is 1.72 bits per heavy atom. The SMILES string of the molecule is O=C(NC(=S)Nc1ccc(Cl)c(C(=O)NC2CCCCC2)c1)c1cccc(Cl)c1. The fraction of sp³-hybridized carbons (Fsp3) is 0.286. The maximum absolute atomic E-state index is 12.6. The van der Waals surface area contributed by atoms with Crippen molar-refractivity contribution in [3.05, 3.63) is 63.6 Å². The van der Waals surface area contributed by atoms with Gasteiger partial charge in [0.15, 0.2) is 5.11 Å². The third kappa shape index (κ3) is 6.16. The fourth-order valence-electron chi connectivity index (χ4n) is 3.25. The van der Waals surface area contributed by atoms with Crippen molar-refractivity contribution in [3.8, 4) is 0 Å². The van der Waals surface area contributed by atoms with Crippen molar-refractivity contribution in [2.45, 2.75) is 38.1 Å². The molecule has 2 aromatic carbocycles. The van der Waals surface area contributed by atoms with Gasteiger partial charge in [-0.05, 0) is 61.5 Å². The van der Waals surface area contributed by atoms with E-state index in [9.17, 15) is 9.59 Å². The molecule has 1 saturated carbocycles. The van der Waals surface area contributed by atoms with Crippen molar-refractivity contribution < 1.29 is 9.59 Å². The Morgan fingerprint density at radius 3 is 2.45 bits per heavy atom. The van der Waals surface area contributed by atoms with Crippen LogP contribution in [0.4, 0.5) is 5.69 Å². The smallest absolute Gasteiger partial charge is 0.257 e. The van der Waals surface area contributed by atoms with E-state index >= 15 is 0 Å². The Labute approximate surface area is 185 Å². The second-order valence-electron chi connectivity index (χ2n) is 6.92. The highest BCUT2D eigenvalue weighted by Gasteiger charge is 2.19. The van der Waals surface area contributed by atoms with Gasteiger partial charge in [-0.3, -0.25) is 14.9 Å². The summed E-state index contributed by atoms with van der Waals surface area (Å²) in [6, 6.07) is 11.7. The van der Waals surface area contributed by atoms with Crippen LogP contribution < -0.4 is 16.0 Å². The number of nitrogens with one attached hydrogen (secondary N) is 3. The van der Waals surface area contributed by atoms with Crippen molar-refractivity contribution in [2.24, 2.45) is 0 Å². The van der Waals surface area contributed by atoms with E-state index in [2.05, 4.69) is 16.0 Å². The largest absolute Gasteiger partial charge is 0.349 e. The highest BCUT2D eigenvalue weighted by Crippen LogP contribution is 2.23. The molecule has 152 valence electrons. The molecule has 2 aromatic rings. The summed E-state index contributed by atoms with van der Waals surface area (Å²) >= 11 is 17.3. The molecule has 0 spiro atoms. The Kier molecular flexibility index (Phi) is 7.47. The maximum atomic E-state index is 12.6. The molecule has 0 heterocycles. The molecule has 1 aliphatic carbocycles. The summed E-state index contributed by atoms with van der Waals surface area (Å²) in [6.07, 6.45) is 5.44. The van der Waals surface area contributed by atoms with Gasteiger partial charge in [-0.2, -0.15) is 0 Å². The molecule has 0 radical (unpaired) electrons. The minimum Gasteiger partial charge on any atom is -0.349 e. The number of halogens is 2. The zero-order valence-corrected chi connectivity index (χ0v) is 18.0. The molecule has 3 N–H and O–H groups in total. The van der Waals surface area contributed by atoms with E-state index in [0.717, 1.165) is 25.7 Å². The number of hydrogen-bond donors (Lipinski definition) is 3. The first kappa shape index (κ1) is 21.6. The van der Waals surface area contributed by atoms with Crippen LogP contribution in [0, 0.1) is 0 Å². The molecule has 0 saturated heterocycles. The lowest BCUT2D eigenvalue weighted by Crippen LogP contribution is -2.36. The first-order valence-electron chi connectivity index (χ1n) is 9.40. The van der Waals surface area contributed by atoms with Crippen molar-refractivity contribution in [1.82, 2.24) is 10.6 Å². The van der Waals surface area contributed by atoms with Crippen LogP contribution in [0.5, 0.6) is 0 Å². The standard InChI is InChI=1S/C21H21Cl2N3O2S/c22-14-6-4-5-13(11-14)19(27)26-21(29)25-16-9-10-18(23)17(12-16)20(28)24-15-7-2-1-3-8-15/h4-6,9-12,15H,1-3,7-8H2,(H,24,28)(H2,25,26,27,29). The van der Waals surface area contributed by atoms with Crippen LogP contribution >= 0.6 is 35.4 Å². The zero-order valence-electron chi connectivity index (χ0n) is 15.6. The van der Waals surface area contributed by atoms with E-state index in [1.807, 2.05) is 0 Å². The molecule has 1 aliphatic rings. The summed E-state index contributed by atoms with van der Waals surface area (Å²) in [6.45, 7) is 0. The van der Waals surface area contributed by atoms with Gasteiger partial charge in [-0.15, -0.1) is 0 Å². The van der Waals surface area contributed by atoms with Crippen molar-refractivity contribution in [1.29, 1.82) is 0 Å². The summed E-state index contributed by atoms with van der Waals surface area (Å²) in [7, 11) is 0. The summed E-state index contributed by atoms with van der Waals surface area (Å²) in [5.74, 6) is -0.589. The first-order chi connectivity index (χ1) is 13.9. The summed E-state index contributed by atoms with van der Waals surface area (Å²) in [5, 5.41) is 9.48. The number of thiocarbonyl (C=S) groups is 1. The predicted molar refractivity (Wildman–Crippen MR) is 121 cm³/mol. The zero-order chi connectivity index (χ0) is 20.8. The van der Waals surface area contributed by atoms with Gasteiger partial charge in [0.25, 0.3) is 11.8 Å². The second-order valence-corrected chi connectivity index (χ2v) is 8.17.